The molecule has 0 aromatic heterocycles. The largest absolute Gasteiger partial charge is 0.364 e. The Bertz CT molecular complexity index is 161. The summed E-state index contributed by atoms with van der Waals surface area (Å²) in [5.41, 5.74) is 1.00. The first-order valence-electron chi connectivity index (χ1n) is 3.62. The van der Waals surface area contributed by atoms with Crippen molar-refractivity contribution in [2.45, 2.75) is 20.8 Å². The van der Waals surface area contributed by atoms with Gasteiger partial charge in [0, 0.05) is 19.3 Å². The van der Waals surface area contributed by atoms with Crippen molar-refractivity contribution in [2.75, 3.05) is 13.6 Å². The van der Waals surface area contributed by atoms with Gasteiger partial charge in [-0.1, -0.05) is 0 Å². The quantitative estimate of drug-likeness (QED) is 0.386. The maximum atomic E-state index is 5.00. The zero-order valence-corrected chi connectivity index (χ0v) is 8.33. The number of hydrogen-bond donors (Lipinski definition) is 1. The number of nitrogens with zero attached hydrogens (tertiary/aromatic N) is 2. The molecule has 0 fully saturated rings. The lowest BCUT2D eigenvalue weighted by Crippen LogP contribution is -2.34. The summed E-state index contributed by atoms with van der Waals surface area (Å²) < 4.78 is 0. The van der Waals surface area contributed by atoms with Crippen molar-refractivity contribution >= 4 is 23.0 Å². The van der Waals surface area contributed by atoms with Gasteiger partial charge in [-0.05, 0) is 33.0 Å². The molecule has 0 saturated carbocycles. The van der Waals surface area contributed by atoms with Crippen LogP contribution in [0.15, 0.2) is 5.10 Å². The van der Waals surface area contributed by atoms with Crippen molar-refractivity contribution < 1.29 is 0 Å². The van der Waals surface area contributed by atoms with Gasteiger partial charge in [0.05, 0.1) is 0 Å². The summed E-state index contributed by atoms with van der Waals surface area (Å²) in [5.74, 6) is 0. The third-order valence-corrected chi connectivity index (χ3v) is 1.48. The topological polar surface area (TPSA) is 27.6 Å². The second-order valence-corrected chi connectivity index (χ2v) is 2.70. The summed E-state index contributed by atoms with van der Waals surface area (Å²) >= 11 is 5.00. The lowest BCUT2D eigenvalue weighted by molar-refractivity contribution is 0.465. The highest BCUT2D eigenvalue weighted by molar-refractivity contribution is 7.80. The molecule has 0 aromatic carbocycles. The summed E-state index contributed by atoms with van der Waals surface area (Å²) in [7, 11) is 1.80. The van der Waals surface area contributed by atoms with E-state index < -0.39 is 0 Å². The molecule has 64 valence electrons. The Kier molecular flexibility index (Phi) is 4.77. The SMILES string of the molecule is CCN(N=C(C)C)C(=S)NC. The van der Waals surface area contributed by atoms with Crippen LogP contribution in [0.4, 0.5) is 0 Å². The van der Waals surface area contributed by atoms with Crippen LogP contribution in [0.5, 0.6) is 0 Å². The van der Waals surface area contributed by atoms with Crippen molar-refractivity contribution in [3.05, 3.63) is 0 Å². The van der Waals surface area contributed by atoms with E-state index in [2.05, 4.69) is 10.4 Å². The second kappa shape index (κ2) is 5.07. The standard InChI is InChI=1S/C7H15N3S/c1-5-10(7(11)8-4)9-6(2)3/h5H2,1-4H3,(H,8,11). The Morgan fingerprint density at radius 1 is 1.55 bits per heavy atom. The molecule has 0 rings (SSSR count). The van der Waals surface area contributed by atoms with Gasteiger partial charge in [0.25, 0.3) is 0 Å². The van der Waals surface area contributed by atoms with Gasteiger partial charge < -0.3 is 5.32 Å². The predicted molar refractivity (Wildman–Crippen MR) is 52.8 cm³/mol. The molecule has 1 N–H and O–H groups in total. The molecular formula is C7H15N3S. The molecule has 0 heterocycles. The number of hydrazone groups is 1. The van der Waals surface area contributed by atoms with Crippen LogP contribution < -0.4 is 5.32 Å². The molecule has 0 radical (unpaired) electrons. The third-order valence-electron chi connectivity index (χ3n) is 1.07. The van der Waals surface area contributed by atoms with E-state index in [9.17, 15) is 0 Å². The minimum Gasteiger partial charge on any atom is -0.364 e. The van der Waals surface area contributed by atoms with E-state index in [1.165, 1.54) is 0 Å². The lowest BCUT2D eigenvalue weighted by atomic mass is 10.5. The molecule has 0 bridgehead atoms. The van der Waals surface area contributed by atoms with Crippen molar-refractivity contribution in [3.63, 3.8) is 0 Å². The summed E-state index contributed by atoms with van der Waals surface area (Å²) in [6.45, 7) is 6.70. The number of nitrogens with one attached hydrogen (secondary N) is 1. The molecular weight excluding hydrogens is 158 g/mol. The number of hydrogen-bond acceptors (Lipinski definition) is 2. The van der Waals surface area contributed by atoms with E-state index in [1.54, 1.807) is 12.1 Å². The van der Waals surface area contributed by atoms with Gasteiger partial charge in [-0.3, -0.25) is 0 Å². The molecule has 3 nitrogen and oxygen atoms in total. The van der Waals surface area contributed by atoms with Crippen LogP contribution in [0, 0.1) is 0 Å². The van der Waals surface area contributed by atoms with E-state index in [4.69, 9.17) is 12.2 Å². The van der Waals surface area contributed by atoms with Crippen molar-refractivity contribution in [1.82, 2.24) is 10.3 Å². The lowest BCUT2D eigenvalue weighted by Gasteiger charge is -2.17. The summed E-state index contributed by atoms with van der Waals surface area (Å²) in [6, 6.07) is 0. The van der Waals surface area contributed by atoms with Crippen LogP contribution in [0.25, 0.3) is 0 Å². The zero-order valence-electron chi connectivity index (χ0n) is 7.51. The van der Waals surface area contributed by atoms with Crippen LogP contribution in [0.3, 0.4) is 0 Å². The Morgan fingerprint density at radius 3 is 2.36 bits per heavy atom. The Labute approximate surface area is 73.5 Å². The van der Waals surface area contributed by atoms with Gasteiger partial charge in [0.2, 0.25) is 0 Å². The summed E-state index contributed by atoms with van der Waals surface area (Å²) in [4.78, 5) is 0. The second-order valence-electron chi connectivity index (χ2n) is 2.32. The average Bonchev–Trinajstić information content (AvgIpc) is 1.98. The average molecular weight is 173 g/mol. The highest BCUT2D eigenvalue weighted by Gasteiger charge is 2.01. The maximum Gasteiger partial charge on any atom is 0.189 e. The highest BCUT2D eigenvalue weighted by Crippen LogP contribution is 1.91. The molecule has 0 saturated heterocycles. The third kappa shape index (κ3) is 3.93. The predicted octanol–water partition coefficient (Wildman–Crippen LogP) is 1.21. The minimum absolute atomic E-state index is 0.661. The smallest absolute Gasteiger partial charge is 0.189 e. The van der Waals surface area contributed by atoms with Gasteiger partial charge in [-0.25, -0.2) is 5.01 Å². The minimum atomic E-state index is 0.661. The molecule has 0 atom stereocenters. The first-order chi connectivity index (χ1) is 5.11. The van der Waals surface area contributed by atoms with Gasteiger partial charge in [-0.15, -0.1) is 0 Å². The van der Waals surface area contributed by atoms with E-state index in [0.717, 1.165) is 12.3 Å². The number of rotatable bonds is 2. The Balaban J connectivity index is 4.17. The fraction of sp³-hybridized carbons (Fsp3) is 0.714. The molecule has 0 unspecified atom stereocenters. The molecule has 0 amide bonds. The normalized spacial score (nSPS) is 8.73. The fourth-order valence-electron chi connectivity index (χ4n) is 0.630. The first kappa shape index (κ1) is 10.4. The van der Waals surface area contributed by atoms with Crippen LogP contribution in [0.1, 0.15) is 20.8 Å². The van der Waals surface area contributed by atoms with E-state index >= 15 is 0 Å². The number of thiocarbonyl (C=S) groups is 1. The molecule has 0 aromatic rings. The van der Waals surface area contributed by atoms with Crippen LogP contribution in [0.2, 0.25) is 0 Å². The van der Waals surface area contributed by atoms with Gasteiger partial charge in [0.15, 0.2) is 5.11 Å². The molecule has 0 aliphatic carbocycles. The monoisotopic (exact) mass is 173 g/mol. The van der Waals surface area contributed by atoms with Crippen molar-refractivity contribution in [3.8, 4) is 0 Å². The Morgan fingerprint density at radius 2 is 2.09 bits per heavy atom. The molecule has 4 heteroatoms. The van der Waals surface area contributed by atoms with E-state index in [-0.39, 0.29) is 0 Å². The van der Waals surface area contributed by atoms with Crippen LogP contribution in [-0.2, 0) is 0 Å². The molecule has 0 aliphatic rings. The van der Waals surface area contributed by atoms with E-state index in [0.29, 0.717) is 5.11 Å². The van der Waals surface area contributed by atoms with Crippen LogP contribution >= 0.6 is 12.2 Å². The van der Waals surface area contributed by atoms with Crippen LogP contribution in [-0.4, -0.2) is 29.4 Å². The van der Waals surface area contributed by atoms with Gasteiger partial charge >= 0.3 is 0 Å². The molecule has 0 aliphatic heterocycles. The Hall–Kier alpha value is -0.640. The zero-order chi connectivity index (χ0) is 8.85. The van der Waals surface area contributed by atoms with Crippen molar-refractivity contribution in [1.29, 1.82) is 0 Å². The summed E-state index contributed by atoms with van der Waals surface area (Å²) in [5, 5.41) is 9.50. The van der Waals surface area contributed by atoms with Crippen molar-refractivity contribution in [2.24, 2.45) is 5.10 Å². The van der Waals surface area contributed by atoms with Gasteiger partial charge in [-0.2, -0.15) is 5.10 Å². The van der Waals surface area contributed by atoms with Gasteiger partial charge in [0.1, 0.15) is 0 Å². The maximum absolute atomic E-state index is 5.00. The fourth-order valence-corrected chi connectivity index (χ4v) is 0.800. The van der Waals surface area contributed by atoms with E-state index in [1.807, 2.05) is 20.8 Å². The summed E-state index contributed by atoms with van der Waals surface area (Å²) in [6.07, 6.45) is 0. The first-order valence-corrected chi connectivity index (χ1v) is 4.03. The molecule has 0 spiro atoms. The molecule has 11 heavy (non-hydrogen) atoms. The highest BCUT2D eigenvalue weighted by atomic mass is 32.1.